The van der Waals surface area contributed by atoms with Crippen LogP contribution in [0.25, 0.3) is 11.0 Å². The second-order valence-corrected chi connectivity index (χ2v) is 22.5. The largest absolute Gasteiger partial charge is 0.493 e. The predicted molar refractivity (Wildman–Crippen MR) is 276 cm³/mol. The number of hydrogen-bond acceptors (Lipinski definition) is 10. The number of unbranched alkanes of at least 4 members (excludes halogenated alkanes) is 1. The number of aromatic nitrogens is 2. The Kier molecular flexibility index (Phi) is 15.7. The van der Waals surface area contributed by atoms with Gasteiger partial charge in [-0.1, -0.05) is 29.8 Å². The first-order valence-corrected chi connectivity index (χ1v) is 27.1. The number of nitrogens with one attached hydrogen (secondary N) is 1. The Bertz CT molecular complexity index is 2960. The van der Waals surface area contributed by atoms with Crippen molar-refractivity contribution in [3.63, 3.8) is 0 Å². The molecule has 1 saturated carbocycles. The molecule has 1 aliphatic carbocycles. The van der Waals surface area contributed by atoms with E-state index in [1.165, 1.54) is 15.4 Å². The van der Waals surface area contributed by atoms with Crippen molar-refractivity contribution in [3.8, 4) is 11.5 Å². The molecule has 1 saturated heterocycles. The fourth-order valence-corrected chi connectivity index (χ4v) is 11.3. The first-order valence-electron chi connectivity index (χ1n) is 24.7. The lowest BCUT2D eigenvalue weighted by Gasteiger charge is -2.39. The minimum absolute atomic E-state index is 0.0356. The highest BCUT2D eigenvalue weighted by molar-refractivity contribution is 7.90. The van der Waals surface area contributed by atoms with Gasteiger partial charge in [0.1, 0.15) is 15.9 Å². The number of ether oxygens (including phenoxy) is 2. The maximum atomic E-state index is 14.1. The molecule has 0 radical (unpaired) electrons. The zero-order valence-corrected chi connectivity index (χ0v) is 43.1. The Hall–Kier alpha value is -6.13. The SMILES string of the molecule is COc1cc2c(cc1OC(C)C)[C@H](c1ccc(Cl)cc1)N(c1ccc(N(C)CC3CCC(N(CCS(C)(=O)=O)C(=O)CCCCc4ccc5c(c4)n(C)c(=O)n5C4CCC(=O)NC4=O)CC3)cc1)C(=O)C2. The van der Waals surface area contributed by atoms with Crippen molar-refractivity contribution in [2.75, 3.05) is 49.1 Å². The van der Waals surface area contributed by atoms with E-state index in [1.807, 2.05) is 90.4 Å². The van der Waals surface area contributed by atoms with Crippen molar-refractivity contribution in [2.45, 2.75) is 109 Å². The van der Waals surface area contributed by atoms with E-state index in [0.717, 1.165) is 65.9 Å². The zero-order chi connectivity index (χ0) is 50.7. The Morgan fingerprint density at radius 3 is 2.27 bits per heavy atom. The van der Waals surface area contributed by atoms with Gasteiger partial charge in [-0.05, 0) is 154 Å². The van der Waals surface area contributed by atoms with Gasteiger partial charge in [-0.15, -0.1) is 0 Å². The van der Waals surface area contributed by atoms with Gasteiger partial charge in [-0.3, -0.25) is 33.6 Å². The number of halogens is 1. The molecular formula is C54H65ClN6O9S. The molecule has 4 amide bonds. The molecule has 71 heavy (non-hydrogen) atoms. The molecule has 2 aliphatic heterocycles. The van der Waals surface area contributed by atoms with Gasteiger partial charge in [-0.2, -0.15) is 0 Å². The first-order chi connectivity index (χ1) is 33.9. The van der Waals surface area contributed by atoms with Gasteiger partial charge < -0.3 is 24.2 Å². The second-order valence-electron chi connectivity index (χ2n) is 19.8. The average Bonchev–Trinajstić information content (AvgIpc) is 3.57. The number of aryl methyl sites for hydroxylation is 2. The number of benzene rings is 4. The predicted octanol–water partition coefficient (Wildman–Crippen LogP) is 7.73. The number of methoxy groups -OCH3 is 1. The number of nitrogens with zero attached hydrogens (tertiary/aromatic N) is 5. The Morgan fingerprint density at radius 2 is 1.61 bits per heavy atom. The van der Waals surface area contributed by atoms with Crippen molar-refractivity contribution >= 4 is 67.5 Å². The zero-order valence-electron chi connectivity index (χ0n) is 41.5. The molecule has 1 unspecified atom stereocenters. The molecule has 1 N–H and O–H groups in total. The van der Waals surface area contributed by atoms with Gasteiger partial charge in [-0.25, -0.2) is 13.2 Å². The number of imide groups is 1. The summed E-state index contributed by atoms with van der Waals surface area (Å²) in [6, 6.07) is 24.1. The van der Waals surface area contributed by atoms with Crippen LogP contribution in [0, 0.1) is 5.92 Å². The Labute approximate surface area is 420 Å². The van der Waals surface area contributed by atoms with Gasteiger partial charge in [0.15, 0.2) is 11.5 Å². The molecule has 2 fully saturated rings. The third-order valence-electron chi connectivity index (χ3n) is 14.3. The highest BCUT2D eigenvalue weighted by Gasteiger charge is 2.37. The fraction of sp³-hybridized carbons (Fsp3) is 0.463. The van der Waals surface area contributed by atoms with Crippen LogP contribution in [0.15, 0.2) is 83.7 Å². The maximum absolute atomic E-state index is 14.1. The van der Waals surface area contributed by atoms with Crippen LogP contribution < -0.4 is 30.3 Å². The van der Waals surface area contributed by atoms with E-state index in [9.17, 15) is 32.4 Å². The second kappa shape index (κ2) is 21.7. The summed E-state index contributed by atoms with van der Waals surface area (Å²) in [6.45, 7) is 4.90. The highest BCUT2D eigenvalue weighted by Crippen LogP contribution is 2.44. The minimum atomic E-state index is -3.30. The molecule has 15 nitrogen and oxygen atoms in total. The van der Waals surface area contributed by atoms with Gasteiger partial charge in [0.2, 0.25) is 23.6 Å². The molecule has 5 aromatic rings. The lowest BCUT2D eigenvalue weighted by atomic mass is 9.84. The van der Waals surface area contributed by atoms with Crippen LogP contribution in [0.5, 0.6) is 11.5 Å². The van der Waals surface area contributed by atoms with Crippen LogP contribution in [0.2, 0.25) is 5.02 Å². The standard InChI is InChI=1S/C54H65ClN6O9S/c1-34(2)70-48-32-43-38(30-47(48)69-5)31-51(64)60(52(43)37-14-16-39(55)17-15-37)42-22-20-40(21-23-42)57(3)33-36-11-18-41(19-12-36)59(27-28-71(6,67)68)50(63)10-8-7-9-35-13-24-44-46(29-35)58(4)54(66)61(44)45-25-26-49(62)56-53(45)65/h13-17,20-24,29-30,32,34,36,41,45,52H,7-12,18-19,25-28,31,33H2,1-6H3,(H,56,62,65)/t36?,41?,45?,52-/m0/s1. The molecule has 4 aromatic carbocycles. The summed E-state index contributed by atoms with van der Waals surface area (Å²) in [7, 11) is 2.04. The summed E-state index contributed by atoms with van der Waals surface area (Å²) in [4.78, 5) is 71.5. The molecule has 2 atom stereocenters. The smallest absolute Gasteiger partial charge is 0.329 e. The number of carbonyl (C=O) groups excluding carboxylic acids is 4. The topological polar surface area (TPSA) is 170 Å². The maximum Gasteiger partial charge on any atom is 0.329 e. The average molecular weight is 1010 g/mol. The number of anilines is 2. The summed E-state index contributed by atoms with van der Waals surface area (Å²) in [6.07, 6.45) is 7.42. The van der Waals surface area contributed by atoms with Crippen LogP contribution in [0.1, 0.15) is 106 Å². The van der Waals surface area contributed by atoms with Gasteiger partial charge in [0.25, 0.3) is 0 Å². The monoisotopic (exact) mass is 1010 g/mol. The molecule has 3 aliphatic rings. The Balaban J connectivity index is 0.881. The number of carbonyl (C=O) groups is 4. The summed E-state index contributed by atoms with van der Waals surface area (Å²) >= 11 is 6.33. The van der Waals surface area contributed by atoms with E-state index in [2.05, 4.69) is 29.4 Å². The van der Waals surface area contributed by atoms with E-state index in [-0.39, 0.29) is 67.1 Å². The van der Waals surface area contributed by atoms with Crippen molar-refractivity contribution in [2.24, 2.45) is 13.0 Å². The molecule has 0 bridgehead atoms. The van der Waals surface area contributed by atoms with E-state index in [1.54, 1.807) is 14.2 Å². The van der Waals surface area contributed by atoms with Crippen molar-refractivity contribution < 1.29 is 37.1 Å². The van der Waals surface area contributed by atoms with Crippen molar-refractivity contribution in [1.82, 2.24) is 19.4 Å². The molecule has 0 spiro atoms. The Morgan fingerprint density at radius 1 is 0.887 bits per heavy atom. The van der Waals surface area contributed by atoms with Crippen LogP contribution in [-0.2, 0) is 48.9 Å². The number of sulfone groups is 1. The van der Waals surface area contributed by atoms with Gasteiger partial charge in [0.05, 0.1) is 42.5 Å². The molecule has 17 heteroatoms. The first kappa shape index (κ1) is 51.2. The summed E-state index contributed by atoms with van der Waals surface area (Å²) in [5.41, 5.74) is 6.53. The normalized spacial score (nSPS) is 19.4. The van der Waals surface area contributed by atoms with Crippen LogP contribution >= 0.6 is 11.6 Å². The van der Waals surface area contributed by atoms with Gasteiger partial charge in [0, 0.05) is 68.7 Å². The van der Waals surface area contributed by atoms with Crippen LogP contribution in [0.4, 0.5) is 11.4 Å². The summed E-state index contributed by atoms with van der Waals surface area (Å²) < 4.78 is 39.5. The van der Waals surface area contributed by atoms with Crippen molar-refractivity contribution in [1.29, 1.82) is 0 Å². The number of rotatable bonds is 18. The van der Waals surface area contributed by atoms with E-state index in [0.29, 0.717) is 59.2 Å². The molecule has 3 heterocycles. The fourth-order valence-electron chi connectivity index (χ4n) is 10.6. The van der Waals surface area contributed by atoms with Crippen LogP contribution in [-0.4, -0.2) is 97.5 Å². The number of fused-ring (bicyclic) bond motifs is 2. The lowest BCUT2D eigenvalue weighted by molar-refractivity contribution is -0.136. The third-order valence-corrected chi connectivity index (χ3v) is 15.5. The molecule has 8 rings (SSSR count). The molecular weight excluding hydrogens is 944 g/mol. The number of amides is 4. The van der Waals surface area contributed by atoms with E-state index < -0.39 is 27.8 Å². The molecule has 378 valence electrons. The highest BCUT2D eigenvalue weighted by atomic mass is 35.5. The third kappa shape index (κ3) is 11.6. The summed E-state index contributed by atoms with van der Waals surface area (Å²) in [5, 5.41) is 2.95. The minimum Gasteiger partial charge on any atom is -0.493 e. The van der Waals surface area contributed by atoms with Crippen LogP contribution in [0.3, 0.4) is 0 Å². The van der Waals surface area contributed by atoms with E-state index >= 15 is 0 Å². The summed E-state index contributed by atoms with van der Waals surface area (Å²) in [5.74, 6) is 0.592. The van der Waals surface area contributed by atoms with Crippen molar-refractivity contribution in [3.05, 3.63) is 117 Å². The number of imidazole rings is 1. The van der Waals surface area contributed by atoms with E-state index in [4.69, 9.17) is 21.1 Å². The molecule has 1 aromatic heterocycles. The number of piperidine rings is 1. The number of hydrogen-bond donors (Lipinski definition) is 1. The van der Waals surface area contributed by atoms with Gasteiger partial charge >= 0.3 is 5.69 Å². The quantitative estimate of drug-likeness (QED) is 0.0678. The lowest BCUT2D eigenvalue weighted by Crippen LogP contribution is -2.45.